The third-order valence-corrected chi connectivity index (χ3v) is 1.27. The molecule has 2 rings (SSSR count). The molecule has 4 nitrogen and oxygen atoms in total. The van der Waals surface area contributed by atoms with Gasteiger partial charge in [0.2, 0.25) is 0 Å². The molecule has 0 aromatic rings. The highest BCUT2D eigenvalue weighted by molar-refractivity contribution is 5.43. The molecule has 0 bridgehead atoms. The first-order valence-corrected chi connectivity index (χ1v) is 3.63. The van der Waals surface area contributed by atoms with Crippen LogP contribution in [0.3, 0.4) is 0 Å². The fourth-order valence-corrected chi connectivity index (χ4v) is 0.745. The average molecular weight is 396 g/mol. The Morgan fingerprint density at radius 1 is 0.833 bits per heavy atom. The van der Waals surface area contributed by atoms with Crippen molar-refractivity contribution >= 4 is 12.7 Å². The average Bonchev–Trinajstić information content (AvgIpc) is 2.67. The molecule has 2 aliphatic rings. The summed E-state index contributed by atoms with van der Waals surface area (Å²) < 4.78 is 0. The molecule has 0 unspecified atom stereocenters. The molecule has 0 atom stereocenters. The first kappa shape index (κ1) is 15.2. The Morgan fingerprint density at radius 2 is 1.25 bits per heavy atom. The van der Waals surface area contributed by atoms with Crippen molar-refractivity contribution in [3.8, 4) is 0 Å². The second-order valence-electron chi connectivity index (χ2n) is 2.16. The molecule has 12 heavy (non-hydrogen) atoms. The van der Waals surface area contributed by atoms with Crippen LogP contribution in [-0.4, -0.2) is 38.9 Å². The minimum absolute atomic E-state index is 0. The molecule has 0 aromatic carbocycles. The van der Waals surface area contributed by atoms with Crippen LogP contribution in [0.4, 0.5) is 0 Å². The summed E-state index contributed by atoms with van der Waals surface area (Å²) in [5.74, 6) is 0. The molecule has 72 valence electrons. The Bertz CT molecular complexity index is 110. The third-order valence-electron chi connectivity index (χ3n) is 1.27. The van der Waals surface area contributed by atoms with Crippen molar-refractivity contribution in [1.29, 1.82) is 0 Å². The number of aliphatic imine (C=N–C) groups is 2. The lowest BCUT2D eigenvalue weighted by Gasteiger charge is -1.68. The maximum Gasteiger partial charge on any atom is 0.182 e. The van der Waals surface area contributed by atoms with Gasteiger partial charge in [-0.15, -0.1) is 0 Å². The molecule has 0 amide bonds. The normalized spacial score (nSPS) is 17.3. The molecular weight excluding hydrogens is 382 g/mol. The number of nitrogens with zero attached hydrogens (tertiary/aromatic N) is 2. The molecule has 0 saturated carbocycles. The summed E-state index contributed by atoms with van der Waals surface area (Å²) in [5.41, 5.74) is 0. The van der Waals surface area contributed by atoms with E-state index >= 15 is 0 Å². The van der Waals surface area contributed by atoms with E-state index in [-0.39, 0.29) is 48.0 Å². The minimum Gasteiger partial charge on any atom is -1.00 e. The molecular formula is C6H14I2N4. The number of hydrogen-bond donors (Lipinski definition) is 2. The highest BCUT2D eigenvalue weighted by Gasteiger charge is 1.89. The van der Waals surface area contributed by atoms with Gasteiger partial charge in [0.1, 0.15) is 13.1 Å². The second-order valence-corrected chi connectivity index (χ2v) is 2.16. The van der Waals surface area contributed by atoms with Crippen molar-refractivity contribution in [3.63, 3.8) is 0 Å². The van der Waals surface area contributed by atoms with Crippen LogP contribution in [0.2, 0.25) is 0 Å². The van der Waals surface area contributed by atoms with Crippen LogP contribution < -0.4 is 58.6 Å². The van der Waals surface area contributed by atoms with Crippen molar-refractivity contribution in [2.24, 2.45) is 9.98 Å². The van der Waals surface area contributed by atoms with Crippen molar-refractivity contribution in [1.82, 2.24) is 0 Å². The van der Waals surface area contributed by atoms with Gasteiger partial charge < -0.3 is 58.6 Å². The van der Waals surface area contributed by atoms with Crippen LogP contribution >= 0.6 is 0 Å². The van der Waals surface area contributed by atoms with Crippen LogP contribution in [0.15, 0.2) is 9.98 Å². The van der Waals surface area contributed by atoms with Gasteiger partial charge in [-0.3, -0.25) is 0 Å². The van der Waals surface area contributed by atoms with Crippen molar-refractivity contribution in [2.75, 3.05) is 26.2 Å². The van der Waals surface area contributed by atoms with Gasteiger partial charge in [0, 0.05) is 0 Å². The van der Waals surface area contributed by atoms with E-state index in [1.54, 1.807) is 0 Å². The zero-order valence-corrected chi connectivity index (χ0v) is 11.1. The van der Waals surface area contributed by atoms with Gasteiger partial charge >= 0.3 is 0 Å². The first-order valence-electron chi connectivity index (χ1n) is 3.63. The van der Waals surface area contributed by atoms with Gasteiger partial charge in [-0.25, -0.2) is 9.98 Å². The van der Waals surface area contributed by atoms with Crippen molar-refractivity contribution in [2.45, 2.75) is 0 Å². The zero-order chi connectivity index (χ0) is 7.07. The van der Waals surface area contributed by atoms with E-state index in [1.807, 2.05) is 12.7 Å². The Hall–Kier alpha value is 0.720. The molecule has 0 aromatic heterocycles. The van der Waals surface area contributed by atoms with Gasteiger partial charge in [-0.1, -0.05) is 0 Å². The minimum atomic E-state index is 0. The van der Waals surface area contributed by atoms with Gasteiger partial charge in [0.05, 0.1) is 13.1 Å². The fraction of sp³-hybridized carbons (Fsp3) is 0.667. The number of rotatable bonds is 0. The molecule has 2 heterocycles. The summed E-state index contributed by atoms with van der Waals surface area (Å²) in [7, 11) is 0. The summed E-state index contributed by atoms with van der Waals surface area (Å²) in [6.45, 7) is 4.33. The number of halogens is 2. The molecule has 0 radical (unpaired) electrons. The van der Waals surface area contributed by atoms with Crippen LogP contribution in [0, 0.1) is 0 Å². The SMILES string of the molecule is C1=NCC[NH2+]1.C1=NCC[NH2+]1.[I-].[I-]. The quantitative estimate of drug-likeness (QED) is 0.383. The smallest absolute Gasteiger partial charge is 0.182 e. The van der Waals surface area contributed by atoms with E-state index < -0.39 is 0 Å². The molecule has 2 aliphatic heterocycles. The largest absolute Gasteiger partial charge is 1.00 e. The second kappa shape index (κ2) is 11.7. The standard InChI is InChI=1S/2C3H6N2.2HI/c2*1-2-5-3-4-1;;/h2*3H,1-2H2,(H,4,5);2*1H. The fourth-order valence-electron chi connectivity index (χ4n) is 0.745. The van der Waals surface area contributed by atoms with E-state index in [0.29, 0.717) is 0 Å². The maximum absolute atomic E-state index is 3.90. The Morgan fingerprint density at radius 3 is 1.33 bits per heavy atom. The predicted octanol–water partition coefficient (Wildman–Crippen LogP) is -8.81. The van der Waals surface area contributed by atoms with Crippen molar-refractivity contribution in [3.05, 3.63) is 0 Å². The van der Waals surface area contributed by atoms with Gasteiger partial charge in [-0.2, -0.15) is 0 Å². The number of hydrogen-bond acceptors (Lipinski definition) is 2. The summed E-state index contributed by atoms with van der Waals surface area (Å²) in [6, 6.07) is 0. The topological polar surface area (TPSA) is 57.9 Å². The summed E-state index contributed by atoms with van der Waals surface area (Å²) >= 11 is 0. The van der Waals surface area contributed by atoms with Crippen LogP contribution in [0.25, 0.3) is 0 Å². The molecule has 0 saturated heterocycles. The molecule has 0 spiro atoms. The van der Waals surface area contributed by atoms with Crippen LogP contribution in [0.1, 0.15) is 0 Å². The lowest BCUT2D eigenvalue weighted by Crippen LogP contribution is -3.00. The third kappa shape index (κ3) is 8.81. The Balaban J connectivity index is 0. The molecule has 0 aliphatic carbocycles. The molecule has 0 fully saturated rings. The summed E-state index contributed by atoms with van der Waals surface area (Å²) in [4.78, 5) is 7.81. The zero-order valence-electron chi connectivity index (χ0n) is 6.79. The predicted molar refractivity (Wildman–Crippen MR) is 40.3 cm³/mol. The summed E-state index contributed by atoms with van der Waals surface area (Å²) in [6.07, 6.45) is 3.72. The van der Waals surface area contributed by atoms with E-state index in [0.717, 1.165) is 26.2 Å². The molecule has 6 heteroatoms. The van der Waals surface area contributed by atoms with E-state index in [2.05, 4.69) is 20.6 Å². The monoisotopic (exact) mass is 396 g/mol. The van der Waals surface area contributed by atoms with Crippen LogP contribution in [0.5, 0.6) is 0 Å². The van der Waals surface area contributed by atoms with E-state index in [4.69, 9.17) is 0 Å². The van der Waals surface area contributed by atoms with E-state index in [9.17, 15) is 0 Å². The highest BCUT2D eigenvalue weighted by Crippen LogP contribution is 1.59. The summed E-state index contributed by atoms with van der Waals surface area (Å²) in [5, 5.41) is 4.14. The van der Waals surface area contributed by atoms with Crippen molar-refractivity contribution < 1.29 is 58.6 Å². The Labute approximate surface area is 107 Å². The highest BCUT2D eigenvalue weighted by atomic mass is 127. The van der Waals surface area contributed by atoms with Gasteiger partial charge in [0.15, 0.2) is 12.7 Å². The molecule has 4 N–H and O–H groups in total. The number of nitrogens with two attached hydrogens (primary N) is 2. The lowest BCUT2D eigenvalue weighted by molar-refractivity contribution is -0.518. The van der Waals surface area contributed by atoms with Gasteiger partial charge in [0.25, 0.3) is 0 Å². The number of quaternary nitrogens is 2. The first-order chi connectivity index (χ1) is 5.00. The van der Waals surface area contributed by atoms with E-state index in [1.165, 1.54) is 0 Å². The van der Waals surface area contributed by atoms with Crippen LogP contribution in [-0.2, 0) is 0 Å². The Kier molecular flexibility index (Phi) is 14.8. The lowest BCUT2D eigenvalue weighted by atomic mass is 10.7. The van der Waals surface area contributed by atoms with Gasteiger partial charge in [-0.05, 0) is 0 Å². The maximum atomic E-state index is 3.90.